The summed E-state index contributed by atoms with van der Waals surface area (Å²) < 4.78 is 68.5. The lowest BCUT2D eigenvalue weighted by molar-refractivity contribution is 0.184. The van der Waals surface area contributed by atoms with E-state index in [1.165, 1.54) is 162 Å². The summed E-state index contributed by atoms with van der Waals surface area (Å²) >= 11 is 0. The van der Waals surface area contributed by atoms with Crippen molar-refractivity contribution in [1.82, 2.24) is 15.4 Å². The summed E-state index contributed by atoms with van der Waals surface area (Å²) in [4.78, 5) is 53.4. The van der Waals surface area contributed by atoms with Crippen molar-refractivity contribution in [3.05, 3.63) is 136 Å². The first-order valence-electron chi connectivity index (χ1n) is 38.6. The monoisotopic (exact) mass is 1540 g/mol. The molecule has 0 saturated carbocycles. The zero-order chi connectivity index (χ0) is 77.2. The summed E-state index contributed by atoms with van der Waals surface area (Å²) in [5.41, 5.74) is 33.5. The molecule has 4 aromatic carbocycles. The summed E-state index contributed by atoms with van der Waals surface area (Å²) in [6.45, 7) is 11.5. The third-order valence-electron chi connectivity index (χ3n) is 18.5. The Morgan fingerprint density at radius 3 is 1.17 bits per heavy atom. The molecule has 0 aliphatic carbocycles. The van der Waals surface area contributed by atoms with Gasteiger partial charge in [-0.3, -0.25) is 13.7 Å². The van der Waals surface area contributed by atoms with Crippen LogP contribution in [0.1, 0.15) is 265 Å². The Morgan fingerprint density at radius 2 is 0.808 bits per heavy atom. The summed E-state index contributed by atoms with van der Waals surface area (Å²) in [6, 6.07) is 28.4. The number of rotatable bonds is 53. The number of aromatic nitrogens is 3. The van der Waals surface area contributed by atoms with Crippen LogP contribution in [0.15, 0.2) is 96.2 Å². The number of nitrogens with one attached hydrogen (secondary N) is 1. The van der Waals surface area contributed by atoms with E-state index < -0.39 is 62.4 Å². The molecule has 1 heterocycles. The Kier molecular flexibility index (Phi) is 50.9. The normalized spacial score (nSPS) is 13.6. The lowest BCUT2D eigenvalue weighted by Gasteiger charge is -2.18. The molecule has 5 rings (SSSR count). The molecule has 0 amide bonds. The third kappa shape index (κ3) is 46.9. The zero-order valence-corrected chi connectivity index (χ0v) is 67.3. The molecule has 0 aliphatic rings. The van der Waals surface area contributed by atoms with Gasteiger partial charge in [-0.05, 0) is 167 Å². The highest BCUT2D eigenvalue weighted by atomic mass is 32.2. The van der Waals surface area contributed by atoms with Crippen molar-refractivity contribution in [2.24, 2.45) is 22.9 Å². The lowest BCUT2D eigenvalue weighted by atomic mass is 10.0. The molecule has 6 atom stereocenters. The Morgan fingerprint density at radius 1 is 0.452 bits per heavy atom. The van der Waals surface area contributed by atoms with E-state index in [1.54, 1.807) is 7.11 Å². The van der Waals surface area contributed by atoms with Gasteiger partial charge in [-0.2, -0.15) is 10.3 Å². The lowest BCUT2D eigenvalue weighted by Crippen LogP contribution is -2.30. The number of methoxy groups -OCH3 is 1. The molecule has 594 valence electrons. The number of nitrogens with zero attached hydrogens (tertiary/aromatic N) is 2. The molecule has 0 bridgehead atoms. The van der Waals surface area contributed by atoms with Crippen molar-refractivity contribution >= 4 is 32.6 Å². The number of sulfone groups is 1. The van der Waals surface area contributed by atoms with Crippen LogP contribution >= 0.6 is 22.8 Å². The van der Waals surface area contributed by atoms with Gasteiger partial charge in [0.25, 0.3) is 0 Å². The molecule has 0 saturated heterocycles. The van der Waals surface area contributed by atoms with Crippen LogP contribution in [0, 0.1) is 6.92 Å². The van der Waals surface area contributed by atoms with E-state index >= 15 is 0 Å². The highest BCUT2D eigenvalue weighted by Crippen LogP contribution is 2.43. The molecule has 0 radical (unpaired) electrons. The molecule has 17 N–H and O–H groups in total. The maximum atomic E-state index is 12.1. The number of aliphatic hydroxyl groups is 2. The van der Waals surface area contributed by atoms with Gasteiger partial charge in [-0.15, -0.1) is 5.10 Å². The SMILES string of the molecule is CCCCCCCCOc1c(C)cc(CC[C@@H](N)CC(O)P(=O)(O)O)cc1OC.CCCCCCCCc1ccc(CCC(N)CS(=O)(=O)c2cn[nH]n2)cc1.CCCCCCCc1ccc(CCCC(N)CCP(=O)(O)O)cc1.CCCCCCCc1ccc(CC[C@@H](N)CC(O)P(=O)(O)O)cc1. The van der Waals surface area contributed by atoms with Crippen molar-refractivity contribution in [1.29, 1.82) is 0 Å². The highest BCUT2D eigenvalue weighted by molar-refractivity contribution is 7.91. The van der Waals surface area contributed by atoms with E-state index in [-0.39, 0.29) is 35.8 Å². The van der Waals surface area contributed by atoms with Gasteiger partial charge in [0.05, 0.1) is 31.8 Å². The largest absolute Gasteiger partial charge is 0.493 e. The number of unbranched alkanes of at least 4 members (excludes halogenated alkanes) is 18. The maximum Gasteiger partial charge on any atom is 0.353 e. The van der Waals surface area contributed by atoms with Gasteiger partial charge in [0.1, 0.15) is 0 Å². The Balaban J connectivity index is 0.000000473. The molecular formula is C78H136N7O15P3S. The fraction of sp³-hybridized carbons (Fsp3) is 0.667. The quantitative estimate of drug-likeness (QED) is 0.0127. The Bertz CT molecular complexity index is 3230. The van der Waals surface area contributed by atoms with Gasteiger partial charge < -0.3 is 72.0 Å². The number of aromatic amines is 1. The second kappa shape index (κ2) is 55.2. The molecule has 0 aliphatic heterocycles. The van der Waals surface area contributed by atoms with Crippen molar-refractivity contribution in [2.45, 2.75) is 313 Å². The molecular weight excluding hydrogens is 1400 g/mol. The molecule has 0 spiro atoms. The standard InChI is InChI=1S/C21H38NO6P.C20H32N4O2S.C19H34NO3P.C18H32NO4P/c1-4-5-6-7-8-9-12-28-21-16(2)13-17(14-19(21)27-3)10-11-18(22)15-20(23)29(24,25)26;1-2-3-4-5-6-7-8-17-9-11-18(12-10-17)13-14-19(21)16-27(25,26)20-15-22-24-23-20;1-2-3-4-5-6-8-17-11-13-18(14-12-17)9-7-10-19(20)15-16-24(21,22)23;1-2-3-4-5-6-7-15-8-10-16(11-9-15)12-13-17(19)14-18(20)24(21,22)23/h13-14,18,20,23H,4-12,15,22H2,1-3H3,(H2,24,25,26);9-12,15,19H,2-8,13-14,16,21H2,1H3,(H,22,23,24);11-14,19H,2-10,15-16,20H2,1H3,(H2,21,22,23);8-11,17-18,20H,2-7,12-14,19H2,1H3,(H2,21,22,23)/t18-,20?;;;17-,18?/m1..1/s1. The van der Waals surface area contributed by atoms with Gasteiger partial charge in [-0.1, -0.05) is 222 Å². The number of nitrogens with two attached hydrogens (primary N) is 4. The molecule has 5 aromatic rings. The first-order valence-corrected chi connectivity index (χ1v) is 45.4. The van der Waals surface area contributed by atoms with Gasteiger partial charge >= 0.3 is 22.8 Å². The first-order chi connectivity index (χ1) is 49.4. The molecule has 22 nitrogen and oxygen atoms in total. The first kappa shape index (κ1) is 95.9. The van der Waals surface area contributed by atoms with Crippen LogP contribution in [-0.4, -0.2) is 125 Å². The highest BCUT2D eigenvalue weighted by Gasteiger charge is 2.29. The molecule has 26 heteroatoms. The number of ether oxygens (including phenoxy) is 2. The fourth-order valence-electron chi connectivity index (χ4n) is 11.9. The Hall–Kier alpha value is -4.22. The number of benzene rings is 4. The van der Waals surface area contributed by atoms with Crippen LogP contribution in [0.4, 0.5) is 0 Å². The second-order valence-electron chi connectivity index (χ2n) is 28.3. The van der Waals surface area contributed by atoms with Gasteiger partial charge in [-0.25, -0.2) is 8.42 Å². The van der Waals surface area contributed by atoms with E-state index in [0.29, 0.717) is 44.5 Å². The smallest absolute Gasteiger partial charge is 0.353 e. The van der Waals surface area contributed by atoms with Crippen LogP contribution in [0.3, 0.4) is 0 Å². The Labute approximate surface area is 624 Å². The molecule has 104 heavy (non-hydrogen) atoms. The average molecular weight is 1540 g/mol. The maximum absolute atomic E-state index is 12.1. The molecule has 1 aromatic heterocycles. The predicted octanol–water partition coefficient (Wildman–Crippen LogP) is 15.1. The summed E-state index contributed by atoms with van der Waals surface area (Å²) in [5.74, 6) is -2.06. The summed E-state index contributed by atoms with van der Waals surface area (Å²) in [7, 11) is -14.7. The minimum absolute atomic E-state index is 0.0444. The number of hydrogen-bond donors (Lipinski definition) is 13. The number of aryl methyl sites for hydroxylation is 8. The minimum Gasteiger partial charge on any atom is -0.493 e. The van der Waals surface area contributed by atoms with Crippen LogP contribution in [0.2, 0.25) is 0 Å². The predicted molar refractivity (Wildman–Crippen MR) is 423 cm³/mol. The van der Waals surface area contributed by atoms with E-state index in [1.807, 2.05) is 19.1 Å². The summed E-state index contributed by atoms with van der Waals surface area (Å²) in [6.07, 6.45) is 39.3. The minimum atomic E-state index is -4.52. The van der Waals surface area contributed by atoms with Gasteiger partial charge in [0.15, 0.2) is 28.2 Å². The van der Waals surface area contributed by atoms with Crippen LogP contribution < -0.4 is 32.4 Å². The zero-order valence-electron chi connectivity index (χ0n) is 63.8. The van der Waals surface area contributed by atoms with Crippen LogP contribution in [0.5, 0.6) is 11.5 Å². The molecule has 4 unspecified atom stereocenters. The number of hydrogen-bond acceptors (Lipinski definition) is 15. The number of H-pyrrole nitrogens is 1. The average Bonchev–Trinajstić information content (AvgIpc) is 0.944. The van der Waals surface area contributed by atoms with Crippen molar-refractivity contribution in [3.8, 4) is 11.5 Å². The van der Waals surface area contributed by atoms with Crippen LogP contribution in [0.25, 0.3) is 0 Å². The van der Waals surface area contributed by atoms with Gasteiger partial charge in [0.2, 0.25) is 9.84 Å². The molecule has 0 fully saturated rings. The summed E-state index contributed by atoms with van der Waals surface area (Å²) in [5, 5.41) is 28.3. The van der Waals surface area contributed by atoms with Crippen molar-refractivity contribution in [3.63, 3.8) is 0 Å². The van der Waals surface area contributed by atoms with E-state index in [2.05, 4.69) is 116 Å². The van der Waals surface area contributed by atoms with E-state index in [4.69, 9.17) is 61.8 Å². The third-order valence-corrected chi connectivity index (χ3v) is 23.0. The topological polar surface area (TPSA) is 411 Å². The second-order valence-corrected chi connectivity index (χ2v) is 35.6. The fourth-order valence-corrected chi connectivity index (χ4v) is 14.9. The van der Waals surface area contributed by atoms with Crippen LogP contribution in [-0.2, 0) is 68.5 Å². The van der Waals surface area contributed by atoms with E-state index in [9.17, 15) is 32.3 Å². The van der Waals surface area contributed by atoms with E-state index in [0.717, 1.165) is 86.6 Å². The van der Waals surface area contributed by atoms with Gasteiger partial charge in [0, 0.05) is 37.0 Å². The van der Waals surface area contributed by atoms with Crippen molar-refractivity contribution in [2.75, 3.05) is 25.6 Å². The van der Waals surface area contributed by atoms with Crippen molar-refractivity contribution < 1.29 is 71.2 Å². The number of aliphatic hydroxyl groups excluding tert-OH is 2.